The molecule has 3 fully saturated rings. The van der Waals surface area contributed by atoms with E-state index in [0.29, 0.717) is 19.8 Å². The summed E-state index contributed by atoms with van der Waals surface area (Å²) in [5, 5.41) is 0. The molecule has 4 heteroatoms. The number of rotatable bonds is 0. The van der Waals surface area contributed by atoms with Gasteiger partial charge >= 0.3 is 6.23 Å². The van der Waals surface area contributed by atoms with Gasteiger partial charge in [-0.25, -0.2) is 0 Å². The predicted molar refractivity (Wildman–Crippen MR) is 25.2 cm³/mol. The smallest absolute Gasteiger partial charge is 0.299 e. The van der Waals surface area contributed by atoms with E-state index in [9.17, 15) is 4.39 Å². The first-order chi connectivity index (χ1) is 4.29. The Hall–Kier alpha value is -0.190. The molecule has 3 heterocycles. The van der Waals surface area contributed by atoms with Gasteiger partial charge in [0.05, 0.1) is 19.8 Å². The summed E-state index contributed by atoms with van der Waals surface area (Å²) in [7, 11) is 0. The molecular formula is C5H7FO3. The van der Waals surface area contributed by atoms with Crippen LogP contribution in [0.5, 0.6) is 0 Å². The molecule has 0 atom stereocenters. The molecule has 0 N–H and O–H groups in total. The summed E-state index contributed by atoms with van der Waals surface area (Å²) in [4.78, 5) is 0. The average molecular weight is 134 g/mol. The molecule has 0 aromatic heterocycles. The van der Waals surface area contributed by atoms with Crippen LogP contribution in [0, 0.1) is 5.92 Å². The van der Waals surface area contributed by atoms with Crippen LogP contribution in [0.4, 0.5) is 4.39 Å². The van der Waals surface area contributed by atoms with Gasteiger partial charge in [0, 0.05) is 5.92 Å². The first kappa shape index (κ1) is 5.58. The summed E-state index contributed by atoms with van der Waals surface area (Å²) in [5.74, 6) is 0.225. The van der Waals surface area contributed by atoms with E-state index in [1.165, 1.54) is 0 Å². The Morgan fingerprint density at radius 3 is 1.78 bits per heavy atom. The van der Waals surface area contributed by atoms with Crippen LogP contribution in [0.1, 0.15) is 0 Å². The fourth-order valence-electron chi connectivity index (χ4n) is 0.922. The Morgan fingerprint density at radius 1 is 1.11 bits per heavy atom. The Morgan fingerprint density at radius 2 is 1.56 bits per heavy atom. The van der Waals surface area contributed by atoms with Crippen molar-refractivity contribution >= 4 is 0 Å². The maximum absolute atomic E-state index is 12.7. The van der Waals surface area contributed by atoms with Crippen LogP contribution in [-0.2, 0) is 14.2 Å². The molecule has 52 valence electrons. The van der Waals surface area contributed by atoms with E-state index >= 15 is 0 Å². The maximum Gasteiger partial charge on any atom is 0.448 e. The summed E-state index contributed by atoms with van der Waals surface area (Å²) in [6, 6.07) is 0. The van der Waals surface area contributed by atoms with Crippen molar-refractivity contribution in [3.63, 3.8) is 0 Å². The first-order valence-corrected chi connectivity index (χ1v) is 2.89. The highest BCUT2D eigenvalue weighted by Crippen LogP contribution is 2.30. The Bertz CT molecular complexity index is 106. The van der Waals surface area contributed by atoms with Gasteiger partial charge in [-0.05, 0) is 0 Å². The highest BCUT2D eigenvalue weighted by molar-refractivity contribution is 4.67. The van der Waals surface area contributed by atoms with Crippen LogP contribution >= 0.6 is 0 Å². The predicted octanol–water partition coefficient (Wildman–Crippen LogP) is 0.260. The topological polar surface area (TPSA) is 27.7 Å². The summed E-state index contributed by atoms with van der Waals surface area (Å²) >= 11 is 0. The lowest BCUT2D eigenvalue weighted by Gasteiger charge is -2.38. The minimum absolute atomic E-state index is 0.225. The van der Waals surface area contributed by atoms with Gasteiger partial charge in [0.15, 0.2) is 0 Å². The number of alkyl halides is 1. The van der Waals surface area contributed by atoms with E-state index < -0.39 is 6.23 Å². The molecule has 0 saturated carbocycles. The summed E-state index contributed by atoms with van der Waals surface area (Å²) in [6.45, 7) is 1.24. The minimum atomic E-state index is -2.21. The molecule has 3 saturated heterocycles. The first-order valence-electron chi connectivity index (χ1n) is 2.89. The fraction of sp³-hybridized carbons (Fsp3) is 1.00. The molecule has 0 unspecified atom stereocenters. The van der Waals surface area contributed by atoms with Crippen molar-refractivity contribution in [2.75, 3.05) is 19.8 Å². The van der Waals surface area contributed by atoms with Crippen LogP contribution in [0.2, 0.25) is 0 Å². The van der Waals surface area contributed by atoms with Crippen molar-refractivity contribution in [1.29, 1.82) is 0 Å². The van der Waals surface area contributed by atoms with Gasteiger partial charge in [-0.1, -0.05) is 0 Å². The normalized spacial score (nSPS) is 49.7. The van der Waals surface area contributed by atoms with Gasteiger partial charge in [0.1, 0.15) is 0 Å². The SMILES string of the molecule is FC12OCC(CO1)CO2. The van der Waals surface area contributed by atoms with Crippen molar-refractivity contribution < 1.29 is 18.6 Å². The van der Waals surface area contributed by atoms with Crippen molar-refractivity contribution in [2.24, 2.45) is 5.92 Å². The highest BCUT2D eigenvalue weighted by Gasteiger charge is 2.45. The van der Waals surface area contributed by atoms with Crippen LogP contribution in [0.25, 0.3) is 0 Å². The van der Waals surface area contributed by atoms with Gasteiger partial charge in [-0.2, -0.15) is 4.39 Å². The van der Waals surface area contributed by atoms with Crippen molar-refractivity contribution in [3.05, 3.63) is 0 Å². The summed E-state index contributed by atoms with van der Waals surface area (Å²) in [6.07, 6.45) is -2.21. The molecule has 9 heavy (non-hydrogen) atoms. The van der Waals surface area contributed by atoms with Gasteiger partial charge in [0.25, 0.3) is 0 Å². The number of fused-ring (bicyclic) bond motifs is 3. The lowest BCUT2D eigenvalue weighted by atomic mass is 10.2. The van der Waals surface area contributed by atoms with E-state index in [0.717, 1.165) is 0 Å². The molecule has 3 aliphatic rings. The zero-order valence-electron chi connectivity index (χ0n) is 4.80. The van der Waals surface area contributed by atoms with Crippen LogP contribution < -0.4 is 0 Å². The van der Waals surface area contributed by atoms with E-state index in [1.54, 1.807) is 0 Å². The van der Waals surface area contributed by atoms with E-state index in [4.69, 9.17) is 0 Å². The number of hydrogen-bond acceptors (Lipinski definition) is 3. The Kier molecular flexibility index (Phi) is 1.02. The van der Waals surface area contributed by atoms with Crippen LogP contribution in [-0.4, -0.2) is 26.0 Å². The molecule has 0 aliphatic carbocycles. The molecule has 0 spiro atoms. The van der Waals surface area contributed by atoms with Gasteiger partial charge in [-0.15, -0.1) is 0 Å². The number of halogens is 1. The molecule has 0 amide bonds. The van der Waals surface area contributed by atoms with E-state index in [1.807, 2.05) is 0 Å². The standard InChI is InChI=1S/C5H7FO3/c6-5-7-1-4(2-8-5)3-9-5/h4H,1-3H2. The largest absolute Gasteiger partial charge is 0.448 e. The summed E-state index contributed by atoms with van der Waals surface area (Å²) in [5.41, 5.74) is 0. The van der Waals surface area contributed by atoms with Gasteiger partial charge in [-0.3, -0.25) is 14.2 Å². The zero-order valence-corrected chi connectivity index (χ0v) is 4.80. The van der Waals surface area contributed by atoms with Crippen LogP contribution in [0.15, 0.2) is 0 Å². The molecule has 3 rings (SSSR count). The van der Waals surface area contributed by atoms with Crippen molar-refractivity contribution in [3.8, 4) is 0 Å². The number of hydrogen-bond donors (Lipinski definition) is 0. The van der Waals surface area contributed by atoms with E-state index in [-0.39, 0.29) is 5.92 Å². The third-order valence-electron chi connectivity index (χ3n) is 1.47. The third-order valence-corrected chi connectivity index (χ3v) is 1.47. The van der Waals surface area contributed by atoms with Crippen LogP contribution in [0.3, 0.4) is 0 Å². The fourth-order valence-corrected chi connectivity index (χ4v) is 0.922. The molecule has 3 nitrogen and oxygen atoms in total. The lowest BCUT2D eigenvalue weighted by molar-refractivity contribution is -0.505. The minimum Gasteiger partial charge on any atom is -0.299 e. The molecule has 0 aromatic rings. The van der Waals surface area contributed by atoms with Gasteiger partial charge < -0.3 is 0 Å². The highest BCUT2D eigenvalue weighted by atomic mass is 19.2. The molecule has 2 bridgehead atoms. The molecule has 0 aromatic carbocycles. The second-order valence-electron chi connectivity index (χ2n) is 2.28. The molecule has 0 radical (unpaired) electrons. The van der Waals surface area contributed by atoms with Gasteiger partial charge in [0.2, 0.25) is 0 Å². The lowest BCUT2D eigenvalue weighted by Crippen LogP contribution is -2.50. The Labute approximate surface area is 51.7 Å². The number of ether oxygens (including phenoxy) is 3. The maximum atomic E-state index is 12.7. The quantitative estimate of drug-likeness (QED) is 0.475. The zero-order chi connectivity index (χ0) is 6.32. The Balaban J connectivity index is 2.11. The average Bonchev–Trinajstić information content (AvgIpc) is 1.90. The summed E-state index contributed by atoms with van der Waals surface area (Å²) < 4.78 is 26.3. The van der Waals surface area contributed by atoms with Crippen molar-refractivity contribution in [1.82, 2.24) is 0 Å². The second-order valence-corrected chi connectivity index (χ2v) is 2.28. The van der Waals surface area contributed by atoms with E-state index in [2.05, 4.69) is 14.2 Å². The molecular weight excluding hydrogens is 127 g/mol. The van der Waals surface area contributed by atoms with Crippen molar-refractivity contribution in [2.45, 2.75) is 6.23 Å². The third kappa shape index (κ3) is 0.831. The molecule has 3 aliphatic heterocycles. The second kappa shape index (κ2) is 1.65. The monoisotopic (exact) mass is 134 g/mol.